The minimum atomic E-state index is -0.292. The van der Waals surface area contributed by atoms with Crippen LogP contribution in [0.25, 0.3) is 0 Å². The Kier molecular flexibility index (Phi) is 6.64. The van der Waals surface area contributed by atoms with Crippen LogP contribution in [0.1, 0.15) is 10.4 Å². The summed E-state index contributed by atoms with van der Waals surface area (Å²) in [7, 11) is 0. The van der Waals surface area contributed by atoms with Crippen molar-refractivity contribution in [2.24, 2.45) is 0 Å². The first-order valence-electron chi connectivity index (χ1n) is 7.26. The van der Waals surface area contributed by atoms with Crippen LogP contribution in [-0.4, -0.2) is 62.7 Å². The van der Waals surface area contributed by atoms with Gasteiger partial charge in [0.05, 0.1) is 19.8 Å². The van der Waals surface area contributed by atoms with Gasteiger partial charge in [0.25, 0.3) is 5.91 Å². The molecule has 2 N–H and O–H groups in total. The summed E-state index contributed by atoms with van der Waals surface area (Å²) in [6, 6.07) is 6.51. The predicted molar refractivity (Wildman–Crippen MR) is 84.1 cm³/mol. The molecular formula is C15H20ClN3O3. The van der Waals surface area contributed by atoms with Crippen molar-refractivity contribution in [3.05, 3.63) is 34.9 Å². The van der Waals surface area contributed by atoms with E-state index in [0.717, 1.165) is 32.8 Å². The number of rotatable bonds is 6. The number of nitrogens with one attached hydrogen (secondary N) is 2. The van der Waals surface area contributed by atoms with E-state index in [0.29, 0.717) is 17.1 Å². The van der Waals surface area contributed by atoms with Crippen molar-refractivity contribution < 1.29 is 14.3 Å². The number of carbonyl (C=O) groups excluding carboxylic acids is 2. The lowest BCUT2D eigenvalue weighted by molar-refractivity contribution is -0.120. The minimum absolute atomic E-state index is 0.0371. The number of nitrogens with zero attached hydrogens (tertiary/aromatic N) is 1. The molecule has 2 amide bonds. The fourth-order valence-corrected chi connectivity index (χ4v) is 2.23. The molecule has 0 spiro atoms. The molecule has 0 bridgehead atoms. The van der Waals surface area contributed by atoms with Crippen LogP contribution in [-0.2, 0) is 9.53 Å². The van der Waals surface area contributed by atoms with Crippen molar-refractivity contribution in [1.82, 2.24) is 15.5 Å². The van der Waals surface area contributed by atoms with Crippen molar-refractivity contribution >= 4 is 23.4 Å². The number of carbonyl (C=O) groups is 2. The Labute approximate surface area is 134 Å². The second-order valence-corrected chi connectivity index (χ2v) is 5.43. The largest absolute Gasteiger partial charge is 0.379 e. The Hall–Kier alpha value is -1.63. The number of morpholine rings is 1. The van der Waals surface area contributed by atoms with Crippen LogP contribution in [0.3, 0.4) is 0 Å². The van der Waals surface area contributed by atoms with E-state index < -0.39 is 0 Å². The molecule has 0 aromatic heterocycles. The molecule has 2 rings (SSSR count). The average molecular weight is 326 g/mol. The first-order valence-corrected chi connectivity index (χ1v) is 7.63. The summed E-state index contributed by atoms with van der Waals surface area (Å²) in [4.78, 5) is 25.7. The first kappa shape index (κ1) is 16.7. The highest BCUT2D eigenvalue weighted by atomic mass is 35.5. The molecule has 6 nitrogen and oxygen atoms in total. The third-order valence-corrected chi connectivity index (χ3v) is 3.62. The zero-order valence-electron chi connectivity index (χ0n) is 12.3. The van der Waals surface area contributed by atoms with E-state index in [-0.39, 0.29) is 18.4 Å². The van der Waals surface area contributed by atoms with Gasteiger partial charge in [0, 0.05) is 36.8 Å². The van der Waals surface area contributed by atoms with Gasteiger partial charge in [-0.05, 0) is 24.3 Å². The molecular weight excluding hydrogens is 306 g/mol. The predicted octanol–water partition coefficient (Wildman–Crippen LogP) is 0.518. The van der Waals surface area contributed by atoms with Crippen molar-refractivity contribution in [2.75, 3.05) is 45.9 Å². The first-order chi connectivity index (χ1) is 10.6. The van der Waals surface area contributed by atoms with Gasteiger partial charge in [-0.15, -0.1) is 0 Å². The maximum Gasteiger partial charge on any atom is 0.251 e. The van der Waals surface area contributed by atoms with Gasteiger partial charge >= 0.3 is 0 Å². The SMILES string of the molecule is O=C(CNC(=O)c1ccc(Cl)cc1)NCCN1CCOCC1. The van der Waals surface area contributed by atoms with Gasteiger partial charge in [-0.25, -0.2) is 0 Å². The topological polar surface area (TPSA) is 70.7 Å². The molecule has 1 aliphatic rings. The van der Waals surface area contributed by atoms with Gasteiger partial charge < -0.3 is 15.4 Å². The van der Waals surface area contributed by atoms with Crippen LogP contribution < -0.4 is 10.6 Å². The molecule has 1 aliphatic heterocycles. The summed E-state index contributed by atoms with van der Waals surface area (Å²) < 4.78 is 5.26. The molecule has 22 heavy (non-hydrogen) atoms. The van der Waals surface area contributed by atoms with E-state index in [9.17, 15) is 9.59 Å². The second kappa shape index (κ2) is 8.73. The molecule has 0 saturated carbocycles. The van der Waals surface area contributed by atoms with Crippen LogP contribution in [0, 0.1) is 0 Å². The smallest absolute Gasteiger partial charge is 0.251 e. The maximum atomic E-state index is 11.8. The Balaban J connectivity index is 1.62. The fraction of sp³-hybridized carbons (Fsp3) is 0.467. The Morgan fingerprint density at radius 1 is 1.14 bits per heavy atom. The molecule has 1 aromatic rings. The fourth-order valence-electron chi connectivity index (χ4n) is 2.10. The van der Waals surface area contributed by atoms with E-state index in [1.54, 1.807) is 24.3 Å². The van der Waals surface area contributed by atoms with Gasteiger partial charge in [-0.3, -0.25) is 14.5 Å². The number of benzene rings is 1. The van der Waals surface area contributed by atoms with Gasteiger partial charge in [-0.1, -0.05) is 11.6 Å². The van der Waals surface area contributed by atoms with Gasteiger partial charge in [0.1, 0.15) is 0 Å². The van der Waals surface area contributed by atoms with E-state index in [1.807, 2.05) is 0 Å². The number of halogens is 1. The minimum Gasteiger partial charge on any atom is -0.379 e. The molecule has 0 aliphatic carbocycles. The molecule has 120 valence electrons. The van der Waals surface area contributed by atoms with E-state index in [4.69, 9.17) is 16.3 Å². The van der Waals surface area contributed by atoms with Crippen LogP contribution in [0.2, 0.25) is 5.02 Å². The Morgan fingerprint density at radius 2 is 1.82 bits per heavy atom. The summed E-state index contributed by atoms with van der Waals surface area (Å²) >= 11 is 5.76. The monoisotopic (exact) mass is 325 g/mol. The van der Waals surface area contributed by atoms with Gasteiger partial charge in [-0.2, -0.15) is 0 Å². The Bertz CT molecular complexity index is 501. The number of amides is 2. The lowest BCUT2D eigenvalue weighted by Gasteiger charge is -2.26. The number of hydrogen-bond donors (Lipinski definition) is 2. The summed E-state index contributed by atoms with van der Waals surface area (Å²) in [6.45, 7) is 4.59. The molecule has 1 heterocycles. The van der Waals surface area contributed by atoms with E-state index in [2.05, 4.69) is 15.5 Å². The molecule has 1 saturated heterocycles. The van der Waals surface area contributed by atoms with Crippen molar-refractivity contribution in [3.63, 3.8) is 0 Å². The van der Waals surface area contributed by atoms with Crippen molar-refractivity contribution in [3.8, 4) is 0 Å². The second-order valence-electron chi connectivity index (χ2n) is 4.99. The van der Waals surface area contributed by atoms with Crippen molar-refractivity contribution in [1.29, 1.82) is 0 Å². The highest BCUT2D eigenvalue weighted by Crippen LogP contribution is 2.09. The zero-order valence-corrected chi connectivity index (χ0v) is 13.1. The highest BCUT2D eigenvalue weighted by Gasteiger charge is 2.11. The van der Waals surface area contributed by atoms with E-state index in [1.165, 1.54) is 0 Å². The molecule has 0 unspecified atom stereocenters. The molecule has 7 heteroatoms. The molecule has 0 radical (unpaired) electrons. The van der Waals surface area contributed by atoms with Crippen LogP contribution in [0.15, 0.2) is 24.3 Å². The lowest BCUT2D eigenvalue weighted by atomic mass is 10.2. The van der Waals surface area contributed by atoms with Crippen molar-refractivity contribution in [2.45, 2.75) is 0 Å². The summed E-state index contributed by atoms with van der Waals surface area (Å²) in [5.41, 5.74) is 0.477. The summed E-state index contributed by atoms with van der Waals surface area (Å²) in [5, 5.41) is 5.93. The average Bonchev–Trinajstić information content (AvgIpc) is 2.54. The molecule has 1 fully saturated rings. The third-order valence-electron chi connectivity index (χ3n) is 3.37. The quantitative estimate of drug-likeness (QED) is 0.800. The van der Waals surface area contributed by atoms with Crippen LogP contribution in [0.4, 0.5) is 0 Å². The van der Waals surface area contributed by atoms with E-state index >= 15 is 0 Å². The molecule has 1 aromatic carbocycles. The van der Waals surface area contributed by atoms with Gasteiger partial charge in [0.2, 0.25) is 5.91 Å². The van der Waals surface area contributed by atoms with Gasteiger partial charge in [0.15, 0.2) is 0 Å². The number of ether oxygens (including phenoxy) is 1. The summed E-state index contributed by atoms with van der Waals surface area (Å²) in [6.07, 6.45) is 0. The zero-order chi connectivity index (χ0) is 15.8. The highest BCUT2D eigenvalue weighted by molar-refractivity contribution is 6.30. The Morgan fingerprint density at radius 3 is 2.50 bits per heavy atom. The van der Waals surface area contributed by atoms with Crippen LogP contribution in [0.5, 0.6) is 0 Å². The normalized spacial score (nSPS) is 15.3. The maximum absolute atomic E-state index is 11.8. The third kappa shape index (κ3) is 5.63. The lowest BCUT2D eigenvalue weighted by Crippen LogP contribution is -2.43. The number of hydrogen-bond acceptors (Lipinski definition) is 4. The summed E-state index contributed by atoms with van der Waals surface area (Å²) in [5.74, 6) is -0.490. The standard InChI is InChI=1S/C15H20ClN3O3/c16-13-3-1-12(2-4-13)15(21)18-11-14(20)17-5-6-19-7-9-22-10-8-19/h1-4H,5-11H2,(H,17,20)(H,18,21). The molecule has 0 atom stereocenters. The van der Waals surface area contributed by atoms with Crippen LogP contribution >= 0.6 is 11.6 Å².